The van der Waals surface area contributed by atoms with Gasteiger partial charge in [-0.25, -0.2) is 4.79 Å². The number of ketones is 1. The lowest BCUT2D eigenvalue weighted by Gasteiger charge is -2.24. The van der Waals surface area contributed by atoms with E-state index in [1.165, 1.54) is 0 Å². The first-order valence-electron chi connectivity index (χ1n) is 12.2. The van der Waals surface area contributed by atoms with Crippen molar-refractivity contribution in [2.45, 2.75) is 84.4 Å². The molecule has 0 bridgehead atoms. The molecule has 2 aromatic rings. The van der Waals surface area contributed by atoms with Gasteiger partial charge in [-0.15, -0.1) is 0 Å². The van der Waals surface area contributed by atoms with Crippen LogP contribution in [0.1, 0.15) is 70.6 Å². The minimum atomic E-state index is -0.775. The number of benzene rings is 1. The second-order valence-electron chi connectivity index (χ2n) is 8.99. The number of hydrogen-bond donors (Lipinski definition) is 2. The van der Waals surface area contributed by atoms with Crippen LogP contribution in [-0.4, -0.2) is 29.9 Å². The third-order valence-corrected chi connectivity index (χ3v) is 5.51. The Hall–Kier alpha value is -3.09. The summed E-state index contributed by atoms with van der Waals surface area (Å²) in [4.78, 5) is 38.3. The van der Waals surface area contributed by atoms with Gasteiger partial charge in [0.2, 0.25) is 5.91 Å². The Labute approximate surface area is 202 Å². The molecule has 0 saturated heterocycles. The normalized spacial score (nSPS) is 12.7. The number of carbonyl (C=O) groups is 3. The number of ether oxygens (including phenoxy) is 1. The number of aryl methyl sites for hydroxylation is 1. The number of unbranched alkanes of at least 4 members (excludes halogenated alkanes) is 1. The highest BCUT2D eigenvalue weighted by atomic mass is 16.5. The predicted molar refractivity (Wildman–Crippen MR) is 131 cm³/mol. The van der Waals surface area contributed by atoms with Crippen LogP contribution in [0, 0.1) is 5.92 Å². The zero-order chi connectivity index (χ0) is 24.8. The van der Waals surface area contributed by atoms with Crippen LogP contribution in [-0.2, 0) is 27.4 Å². The second kappa shape index (κ2) is 14.9. The monoisotopic (exact) mass is 470 g/mol. The van der Waals surface area contributed by atoms with Gasteiger partial charge >= 0.3 is 6.09 Å². The van der Waals surface area contributed by atoms with Crippen molar-refractivity contribution in [1.29, 1.82) is 0 Å². The molecule has 0 unspecified atom stereocenters. The van der Waals surface area contributed by atoms with Gasteiger partial charge in [-0.1, -0.05) is 63.9 Å². The van der Waals surface area contributed by atoms with E-state index in [4.69, 9.17) is 9.15 Å². The lowest BCUT2D eigenvalue weighted by atomic mass is 9.98. The minimum Gasteiger partial charge on any atom is -0.469 e. The van der Waals surface area contributed by atoms with Crippen LogP contribution in [0.15, 0.2) is 53.1 Å². The Morgan fingerprint density at radius 1 is 0.971 bits per heavy atom. The van der Waals surface area contributed by atoms with E-state index in [9.17, 15) is 14.4 Å². The molecule has 0 fully saturated rings. The number of carbonyl (C=O) groups excluding carboxylic acids is 3. The molecule has 2 atom stereocenters. The number of nitrogens with one attached hydrogen (secondary N) is 2. The molecule has 0 aliphatic carbocycles. The Balaban J connectivity index is 1.93. The maximum absolute atomic E-state index is 13.1. The summed E-state index contributed by atoms with van der Waals surface area (Å²) in [5.74, 6) is 0.662. The van der Waals surface area contributed by atoms with Crippen LogP contribution in [0.4, 0.5) is 4.79 Å². The number of amides is 2. The first-order valence-corrected chi connectivity index (χ1v) is 12.2. The summed E-state index contributed by atoms with van der Waals surface area (Å²) >= 11 is 0. The summed E-state index contributed by atoms with van der Waals surface area (Å²) in [6.45, 7) is 6.12. The lowest BCUT2D eigenvalue weighted by Crippen LogP contribution is -2.52. The first kappa shape index (κ1) is 27.2. The summed E-state index contributed by atoms with van der Waals surface area (Å²) < 4.78 is 10.6. The molecule has 186 valence electrons. The molecule has 7 heteroatoms. The van der Waals surface area contributed by atoms with Crippen LogP contribution in [0.2, 0.25) is 0 Å². The van der Waals surface area contributed by atoms with Crippen molar-refractivity contribution in [1.82, 2.24) is 10.6 Å². The van der Waals surface area contributed by atoms with Crippen molar-refractivity contribution in [3.8, 4) is 0 Å². The third kappa shape index (κ3) is 10.2. The molecular weight excluding hydrogens is 432 g/mol. The summed E-state index contributed by atoms with van der Waals surface area (Å²) in [6.07, 6.45) is 5.43. The number of alkyl carbamates (subject to hydrolysis) is 1. The van der Waals surface area contributed by atoms with E-state index in [-0.39, 0.29) is 24.2 Å². The maximum atomic E-state index is 13.1. The van der Waals surface area contributed by atoms with E-state index >= 15 is 0 Å². The van der Waals surface area contributed by atoms with Gasteiger partial charge in [0.25, 0.3) is 0 Å². The van der Waals surface area contributed by atoms with E-state index < -0.39 is 18.2 Å². The highest BCUT2D eigenvalue weighted by molar-refractivity contribution is 5.92. The van der Waals surface area contributed by atoms with Crippen LogP contribution < -0.4 is 10.6 Å². The molecule has 0 spiro atoms. The number of Topliss-reactive ketones (excluding diaryl/α,β-unsaturated/α-hetero) is 1. The first-order chi connectivity index (χ1) is 16.4. The maximum Gasteiger partial charge on any atom is 0.408 e. The van der Waals surface area contributed by atoms with Crippen LogP contribution in [0.5, 0.6) is 0 Å². The molecule has 1 aromatic carbocycles. The fraction of sp³-hybridized carbons (Fsp3) is 0.519. The summed E-state index contributed by atoms with van der Waals surface area (Å²) in [5, 5.41) is 5.58. The van der Waals surface area contributed by atoms with Gasteiger partial charge in [-0.2, -0.15) is 0 Å². The SMILES string of the molecule is CCCC[C@H](NC(=O)[C@H](CC(C)C)NC(=O)OCc1ccccc1)C(=O)CCCc1ccco1. The minimum absolute atomic E-state index is 0.00306. The predicted octanol–water partition coefficient (Wildman–Crippen LogP) is 5.19. The summed E-state index contributed by atoms with van der Waals surface area (Å²) in [7, 11) is 0. The van der Waals surface area contributed by atoms with Crippen LogP contribution in [0.3, 0.4) is 0 Å². The van der Waals surface area contributed by atoms with Crippen LogP contribution >= 0.6 is 0 Å². The van der Waals surface area contributed by atoms with Crippen molar-refractivity contribution >= 4 is 17.8 Å². The molecule has 2 amide bonds. The molecule has 1 heterocycles. The van der Waals surface area contributed by atoms with Gasteiger partial charge in [0.1, 0.15) is 18.4 Å². The molecule has 2 rings (SSSR count). The van der Waals surface area contributed by atoms with Crippen molar-refractivity contribution in [2.75, 3.05) is 0 Å². The number of hydrogen-bond acceptors (Lipinski definition) is 5. The average molecular weight is 471 g/mol. The van der Waals surface area contributed by atoms with Crippen molar-refractivity contribution < 1.29 is 23.5 Å². The van der Waals surface area contributed by atoms with Gasteiger partial charge in [0.15, 0.2) is 5.78 Å². The van der Waals surface area contributed by atoms with Crippen LogP contribution in [0.25, 0.3) is 0 Å². The third-order valence-electron chi connectivity index (χ3n) is 5.51. The lowest BCUT2D eigenvalue weighted by molar-refractivity contribution is -0.129. The molecule has 1 aromatic heterocycles. The topological polar surface area (TPSA) is 97.6 Å². The van der Waals surface area contributed by atoms with E-state index in [1.807, 2.05) is 63.2 Å². The Kier molecular flexibility index (Phi) is 11.9. The molecule has 7 nitrogen and oxygen atoms in total. The highest BCUT2D eigenvalue weighted by Gasteiger charge is 2.27. The van der Waals surface area contributed by atoms with Crippen molar-refractivity contribution in [3.63, 3.8) is 0 Å². The Morgan fingerprint density at radius 2 is 1.74 bits per heavy atom. The molecule has 0 saturated carbocycles. The molecule has 0 aliphatic rings. The molecule has 2 N–H and O–H groups in total. The largest absolute Gasteiger partial charge is 0.469 e. The zero-order valence-electron chi connectivity index (χ0n) is 20.5. The second-order valence-corrected chi connectivity index (χ2v) is 8.99. The van der Waals surface area contributed by atoms with E-state index in [0.29, 0.717) is 32.1 Å². The van der Waals surface area contributed by atoms with Gasteiger partial charge < -0.3 is 19.8 Å². The van der Waals surface area contributed by atoms with E-state index in [2.05, 4.69) is 10.6 Å². The van der Waals surface area contributed by atoms with E-state index in [0.717, 1.165) is 24.2 Å². The number of rotatable bonds is 15. The highest BCUT2D eigenvalue weighted by Crippen LogP contribution is 2.12. The Bertz CT molecular complexity index is 864. The van der Waals surface area contributed by atoms with Crippen molar-refractivity contribution in [2.24, 2.45) is 5.92 Å². The standard InChI is InChI=1S/C27H38N2O5/c1-4-5-15-23(25(30)16-9-13-22-14-10-17-33-22)28-26(31)24(18-20(2)3)29-27(32)34-19-21-11-7-6-8-12-21/h6-8,10-12,14,17,20,23-24H,4-5,9,13,15-16,18-19H2,1-3H3,(H,28,31)(H,29,32)/t23-,24-/m0/s1. The van der Waals surface area contributed by atoms with Crippen molar-refractivity contribution in [3.05, 3.63) is 60.1 Å². The fourth-order valence-corrected chi connectivity index (χ4v) is 3.67. The zero-order valence-corrected chi connectivity index (χ0v) is 20.5. The molecular formula is C27H38N2O5. The number of furan rings is 1. The Morgan fingerprint density at radius 3 is 2.38 bits per heavy atom. The summed E-state index contributed by atoms with van der Waals surface area (Å²) in [6, 6.07) is 11.7. The van der Waals surface area contributed by atoms with Gasteiger partial charge in [0, 0.05) is 12.8 Å². The molecule has 34 heavy (non-hydrogen) atoms. The summed E-state index contributed by atoms with van der Waals surface area (Å²) in [5.41, 5.74) is 0.863. The van der Waals surface area contributed by atoms with Gasteiger partial charge in [-0.3, -0.25) is 9.59 Å². The van der Waals surface area contributed by atoms with E-state index in [1.54, 1.807) is 6.26 Å². The van der Waals surface area contributed by atoms with Gasteiger partial charge in [0.05, 0.1) is 12.3 Å². The molecule has 0 aliphatic heterocycles. The molecule has 0 radical (unpaired) electrons. The smallest absolute Gasteiger partial charge is 0.408 e. The average Bonchev–Trinajstić information content (AvgIpc) is 3.33. The fourth-order valence-electron chi connectivity index (χ4n) is 3.67. The van der Waals surface area contributed by atoms with Gasteiger partial charge in [-0.05, 0) is 42.9 Å². The quantitative estimate of drug-likeness (QED) is 0.373.